The Morgan fingerprint density at radius 2 is 2.09 bits per heavy atom. The smallest absolute Gasteiger partial charge is 0.230 e. The van der Waals surface area contributed by atoms with E-state index in [2.05, 4.69) is 17.4 Å². The fourth-order valence-electron chi connectivity index (χ4n) is 3.81. The third-order valence-electron chi connectivity index (χ3n) is 5.58. The molecule has 2 saturated carbocycles. The number of amides is 1. The zero-order valence-electron chi connectivity index (χ0n) is 14.2. The molecule has 4 nitrogen and oxygen atoms in total. The van der Waals surface area contributed by atoms with E-state index in [0.29, 0.717) is 12.5 Å². The van der Waals surface area contributed by atoms with E-state index in [9.17, 15) is 4.79 Å². The summed E-state index contributed by atoms with van der Waals surface area (Å²) in [6, 6.07) is 6.28. The lowest BCUT2D eigenvalue weighted by molar-refractivity contribution is -0.126. The van der Waals surface area contributed by atoms with Crippen LogP contribution >= 0.6 is 0 Å². The number of benzene rings is 1. The first-order valence-electron chi connectivity index (χ1n) is 8.76. The van der Waals surface area contributed by atoms with Crippen LogP contribution in [0.3, 0.4) is 0 Å². The first-order chi connectivity index (χ1) is 11.1. The maximum atomic E-state index is 13.0. The topological polar surface area (TPSA) is 64.3 Å². The van der Waals surface area contributed by atoms with Gasteiger partial charge in [-0.25, -0.2) is 0 Å². The van der Waals surface area contributed by atoms with E-state index < -0.39 is 5.41 Å². The van der Waals surface area contributed by atoms with Crippen molar-refractivity contribution < 1.29 is 9.53 Å². The van der Waals surface area contributed by atoms with E-state index in [4.69, 9.17) is 10.5 Å². The lowest BCUT2D eigenvalue weighted by Crippen LogP contribution is -2.47. The largest absolute Gasteiger partial charge is 0.496 e. The van der Waals surface area contributed by atoms with Crippen LogP contribution in [-0.4, -0.2) is 25.6 Å². The highest BCUT2D eigenvalue weighted by Crippen LogP contribution is 2.43. The summed E-state index contributed by atoms with van der Waals surface area (Å²) in [5.41, 5.74) is 7.90. The molecule has 3 rings (SSSR count). The minimum atomic E-state index is -0.412. The summed E-state index contributed by atoms with van der Waals surface area (Å²) < 4.78 is 5.46. The van der Waals surface area contributed by atoms with Gasteiger partial charge in [0.1, 0.15) is 5.75 Å². The molecule has 0 saturated heterocycles. The first kappa shape index (κ1) is 16.3. The molecule has 1 aromatic rings. The van der Waals surface area contributed by atoms with Gasteiger partial charge in [-0.3, -0.25) is 4.79 Å². The predicted octanol–water partition coefficient (Wildman–Crippen LogP) is 2.67. The van der Waals surface area contributed by atoms with Crippen LogP contribution in [0.2, 0.25) is 0 Å². The zero-order chi connectivity index (χ0) is 16.4. The van der Waals surface area contributed by atoms with Gasteiger partial charge in [0.15, 0.2) is 0 Å². The third kappa shape index (κ3) is 3.23. The standard InChI is InChI=1S/C19H28N2O2/c1-13-5-8-15(11-17(13)23-2)19(9-3-4-10-19)18(22)21-12-16(20)14-6-7-14/h5,8,11,14,16H,3-4,6-7,9-10,12,20H2,1-2H3,(H,21,22). The summed E-state index contributed by atoms with van der Waals surface area (Å²) in [7, 11) is 1.68. The van der Waals surface area contributed by atoms with Crippen LogP contribution in [0.15, 0.2) is 18.2 Å². The lowest BCUT2D eigenvalue weighted by Gasteiger charge is -2.29. The number of hydrogen-bond donors (Lipinski definition) is 2. The number of hydrogen-bond acceptors (Lipinski definition) is 3. The minimum Gasteiger partial charge on any atom is -0.496 e. The van der Waals surface area contributed by atoms with Gasteiger partial charge >= 0.3 is 0 Å². The number of ether oxygens (including phenoxy) is 1. The normalized spacial score (nSPS) is 21.0. The van der Waals surface area contributed by atoms with Gasteiger partial charge in [0.2, 0.25) is 5.91 Å². The van der Waals surface area contributed by atoms with Gasteiger partial charge in [-0.05, 0) is 55.7 Å². The average Bonchev–Trinajstić information content (AvgIpc) is 3.30. The van der Waals surface area contributed by atoms with Crippen LogP contribution < -0.4 is 15.8 Å². The van der Waals surface area contributed by atoms with Gasteiger partial charge in [0, 0.05) is 12.6 Å². The van der Waals surface area contributed by atoms with E-state index in [1.54, 1.807) is 7.11 Å². The Morgan fingerprint density at radius 3 is 2.70 bits per heavy atom. The van der Waals surface area contributed by atoms with Crippen LogP contribution in [0.1, 0.15) is 49.7 Å². The van der Waals surface area contributed by atoms with E-state index in [1.165, 1.54) is 12.8 Å². The molecule has 3 N–H and O–H groups in total. The molecule has 126 valence electrons. The number of carbonyl (C=O) groups excluding carboxylic acids is 1. The van der Waals surface area contributed by atoms with E-state index in [1.807, 2.05) is 13.0 Å². The zero-order valence-corrected chi connectivity index (χ0v) is 14.2. The van der Waals surface area contributed by atoms with Gasteiger partial charge in [-0.1, -0.05) is 25.0 Å². The second-order valence-corrected chi connectivity index (χ2v) is 7.18. The highest BCUT2D eigenvalue weighted by atomic mass is 16.5. The van der Waals surface area contributed by atoms with Crippen LogP contribution in [-0.2, 0) is 10.2 Å². The minimum absolute atomic E-state index is 0.102. The van der Waals surface area contributed by atoms with Crippen molar-refractivity contribution in [3.63, 3.8) is 0 Å². The molecule has 2 fully saturated rings. The summed E-state index contributed by atoms with van der Waals surface area (Å²) in [5.74, 6) is 1.60. The van der Waals surface area contributed by atoms with E-state index in [-0.39, 0.29) is 11.9 Å². The quantitative estimate of drug-likeness (QED) is 0.848. The SMILES string of the molecule is COc1cc(C2(C(=O)NCC(N)C3CC3)CCCC2)ccc1C. The molecular weight excluding hydrogens is 288 g/mol. The van der Waals surface area contributed by atoms with Crippen molar-refractivity contribution >= 4 is 5.91 Å². The number of rotatable bonds is 6. The molecule has 0 aromatic heterocycles. The van der Waals surface area contributed by atoms with E-state index in [0.717, 1.165) is 42.6 Å². The number of methoxy groups -OCH3 is 1. The van der Waals surface area contributed by atoms with Crippen LogP contribution in [0, 0.1) is 12.8 Å². The summed E-state index contributed by atoms with van der Waals surface area (Å²) in [5, 5.41) is 3.13. The highest BCUT2D eigenvalue weighted by molar-refractivity contribution is 5.88. The summed E-state index contributed by atoms with van der Waals surface area (Å²) in [6.45, 7) is 2.62. The van der Waals surface area contributed by atoms with Crippen molar-refractivity contribution in [3.8, 4) is 5.75 Å². The van der Waals surface area contributed by atoms with Gasteiger partial charge in [-0.2, -0.15) is 0 Å². The molecule has 0 radical (unpaired) electrons. The molecule has 0 heterocycles. The molecular formula is C19H28N2O2. The summed E-state index contributed by atoms with van der Waals surface area (Å²) >= 11 is 0. The number of nitrogens with one attached hydrogen (secondary N) is 1. The monoisotopic (exact) mass is 316 g/mol. The van der Waals surface area contributed by atoms with Gasteiger partial charge < -0.3 is 15.8 Å². The fourth-order valence-corrected chi connectivity index (χ4v) is 3.81. The van der Waals surface area contributed by atoms with Crippen LogP contribution in [0.4, 0.5) is 0 Å². The summed E-state index contributed by atoms with van der Waals surface area (Å²) in [4.78, 5) is 13.0. The maximum Gasteiger partial charge on any atom is 0.230 e. The van der Waals surface area contributed by atoms with Crippen molar-refractivity contribution in [2.75, 3.05) is 13.7 Å². The average molecular weight is 316 g/mol. The maximum absolute atomic E-state index is 13.0. The molecule has 2 aliphatic rings. The molecule has 0 aliphatic heterocycles. The molecule has 23 heavy (non-hydrogen) atoms. The number of carbonyl (C=O) groups is 1. The fraction of sp³-hybridized carbons (Fsp3) is 0.632. The second kappa shape index (κ2) is 6.52. The molecule has 4 heteroatoms. The Balaban J connectivity index is 1.79. The van der Waals surface area contributed by atoms with Crippen molar-refractivity contribution in [3.05, 3.63) is 29.3 Å². The Morgan fingerprint density at radius 1 is 1.39 bits per heavy atom. The first-order valence-corrected chi connectivity index (χ1v) is 8.76. The number of nitrogens with two attached hydrogens (primary N) is 1. The molecule has 2 aliphatic carbocycles. The lowest BCUT2D eigenvalue weighted by atomic mass is 9.77. The van der Waals surface area contributed by atoms with Crippen molar-refractivity contribution in [2.24, 2.45) is 11.7 Å². The molecule has 0 bridgehead atoms. The van der Waals surface area contributed by atoms with Gasteiger partial charge in [0.05, 0.1) is 12.5 Å². The highest BCUT2D eigenvalue weighted by Gasteiger charge is 2.43. The summed E-state index contributed by atoms with van der Waals surface area (Å²) in [6.07, 6.45) is 6.42. The Hall–Kier alpha value is -1.55. The second-order valence-electron chi connectivity index (χ2n) is 7.18. The van der Waals surface area contributed by atoms with Crippen molar-refractivity contribution in [1.29, 1.82) is 0 Å². The van der Waals surface area contributed by atoms with Gasteiger partial charge in [0.25, 0.3) is 0 Å². The molecule has 1 amide bonds. The molecule has 1 atom stereocenters. The number of aryl methyl sites for hydroxylation is 1. The van der Waals surface area contributed by atoms with Crippen LogP contribution in [0.25, 0.3) is 0 Å². The van der Waals surface area contributed by atoms with Crippen molar-refractivity contribution in [2.45, 2.75) is 56.9 Å². The van der Waals surface area contributed by atoms with Crippen molar-refractivity contribution in [1.82, 2.24) is 5.32 Å². The predicted molar refractivity (Wildman–Crippen MR) is 91.6 cm³/mol. The van der Waals surface area contributed by atoms with E-state index >= 15 is 0 Å². The Labute approximate surface area is 138 Å². The third-order valence-corrected chi connectivity index (χ3v) is 5.58. The molecule has 1 aromatic carbocycles. The van der Waals surface area contributed by atoms with Gasteiger partial charge in [-0.15, -0.1) is 0 Å². The Kier molecular flexibility index (Phi) is 4.62. The molecule has 1 unspecified atom stereocenters. The molecule has 0 spiro atoms. The van der Waals surface area contributed by atoms with Crippen LogP contribution in [0.5, 0.6) is 5.75 Å². The Bertz CT molecular complexity index is 575.